The van der Waals surface area contributed by atoms with E-state index in [4.69, 9.17) is 19.4 Å². The fourth-order valence-corrected chi connectivity index (χ4v) is 6.62. The average Bonchev–Trinajstić information content (AvgIpc) is 3.08. The van der Waals surface area contributed by atoms with E-state index in [1.165, 1.54) is 57.8 Å². The number of fused-ring (bicyclic) bond motifs is 1. The van der Waals surface area contributed by atoms with Gasteiger partial charge in [-0.25, -0.2) is 9.97 Å². The van der Waals surface area contributed by atoms with E-state index < -0.39 is 0 Å². The minimum atomic E-state index is 0.622. The Bertz CT molecular complexity index is 1500. The van der Waals surface area contributed by atoms with E-state index in [9.17, 15) is 0 Å². The van der Waals surface area contributed by atoms with Crippen molar-refractivity contribution in [1.29, 1.82) is 0 Å². The second kappa shape index (κ2) is 20.3. The molecule has 0 saturated carbocycles. The van der Waals surface area contributed by atoms with Gasteiger partial charge in [0.15, 0.2) is 11.5 Å². The highest BCUT2D eigenvalue weighted by Crippen LogP contribution is 2.36. The number of hydrogen-bond donors (Lipinski definition) is 0. The molecule has 0 aliphatic rings. The van der Waals surface area contributed by atoms with Crippen LogP contribution in [0.2, 0.25) is 0 Å². The molecular weight excluding hydrogens is 601 g/mol. The lowest BCUT2D eigenvalue weighted by molar-refractivity contribution is 0.237. The second-order valence-corrected chi connectivity index (χ2v) is 15.6. The molecule has 0 fully saturated rings. The molecule has 1 heterocycles. The van der Waals surface area contributed by atoms with Gasteiger partial charge in [0.1, 0.15) is 0 Å². The highest BCUT2D eigenvalue weighted by atomic mass is 16.5. The van der Waals surface area contributed by atoms with Crippen molar-refractivity contribution >= 4 is 11.0 Å². The number of nitrogens with zero attached hydrogens (tertiary/aromatic N) is 2. The van der Waals surface area contributed by atoms with Gasteiger partial charge < -0.3 is 9.47 Å². The zero-order valence-electron chi connectivity index (χ0n) is 31.7. The highest BCUT2D eigenvalue weighted by molar-refractivity contribution is 5.88. The molecule has 4 aromatic rings. The van der Waals surface area contributed by atoms with Crippen molar-refractivity contribution in [2.75, 3.05) is 13.2 Å². The van der Waals surface area contributed by atoms with E-state index in [0.717, 1.165) is 75.6 Å². The maximum Gasteiger partial charge on any atom is 0.163 e. The Balaban J connectivity index is 1.49. The summed E-state index contributed by atoms with van der Waals surface area (Å²) < 4.78 is 13.0. The van der Waals surface area contributed by atoms with E-state index in [1.807, 2.05) is 18.2 Å². The maximum absolute atomic E-state index is 6.54. The van der Waals surface area contributed by atoms with Crippen LogP contribution < -0.4 is 9.47 Å². The van der Waals surface area contributed by atoms with Gasteiger partial charge in [0, 0.05) is 23.3 Å². The molecule has 3 atom stereocenters. The number of benzene rings is 3. The van der Waals surface area contributed by atoms with Gasteiger partial charge in [0.2, 0.25) is 0 Å². The third kappa shape index (κ3) is 13.1. The molecule has 0 aliphatic carbocycles. The predicted molar refractivity (Wildman–Crippen MR) is 209 cm³/mol. The third-order valence-electron chi connectivity index (χ3n) is 9.91. The van der Waals surface area contributed by atoms with Crippen molar-refractivity contribution in [3.8, 4) is 34.0 Å². The van der Waals surface area contributed by atoms with Crippen LogP contribution in [0.25, 0.3) is 33.5 Å². The summed E-state index contributed by atoms with van der Waals surface area (Å²) in [5, 5.41) is 0. The Hall–Kier alpha value is -3.40. The van der Waals surface area contributed by atoms with Gasteiger partial charge in [-0.05, 0) is 42.4 Å². The van der Waals surface area contributed by atoms with Gasteiger partial charge in [-0.2, -0.15) is 0 Å². The molecule has 2 unspecified atom stereocenters. The van der Waals surface area contributed by atoms with Crippen molar-refractivity contribution < 1.29 is 9.47 Å². The summed E-state index contributed by atoms with van der Waals surface area (Å²) in [6.45, 7) is 17.7. The molecule has 0 radical (unpaired) electrons. The molecular formula is C45H64N2O2. The van der Waals surface area contributed by atoms with Gasteiger partial charge in [-0.3, -0.25) is 0 Å². The summed E-state index contributed by atoms with van der Waals surface area (Å²) >= 11 is 0. The van der Waals surface area contributed by atoms with Gasteiger partial charge in [-0.15, -0.1) is 0 Å². The van der Waals surface area contributed by atoms with Crippen LogP contribution in [0.3, 0.4) is 0 Å². The summed E-state index contributed by atoms with van der Waals surface area (Å²) in [7, 11) is 0. The second-order valence-electron chi connectivity index (χ2n) is 15.6. The van der Waals surface area contributed by atoms with Crippen LogP contribution in [-0.2, 0) is 0 Å². The molecule has 0 N–H and O–H groups in total. The SMILES string of the molecule is CC(C)CCCC(C)CCCC(C)CCOc1cc2nc(-c3ccccc3)c(-c3ccccc3)nc2cc1OCC[C@H](C)CCCC(C)C. The van der Waals surface area contributed by atoms with Crippen LogP contribution in [-0.4, -0.2) is 23.2 Å². The molecule has 4 heteroatoms. The molecule has 0 bridgehead atoms. The molecule has 49 heavy (non-hydrogen) atoms. The molecule has 0 aliphatic heterocycles. The Kier molecular flexibility index (Phi) is 15.9. The highest BCUT2D eigenvalue weighted by Gasteiger charge is 2.17. The van der Waals surface area contributed by atoms with Crippen molar-refractivity contribution in [1.82, 2.24) is 9.97 Å². The quantitative estimate of drug-likeness (QED) is 0.0838. The number of rotatable bonds is 22. The van der Waals surface area contributed by atoms with Crippen molar-refractivity contribution in [2.45, 2.75) is 119 Å². The summed E-state index contributed by atoms with van der Waals surface area (Å²) in [5.41, 5.74) is 5.49. The molecule has 0 saturated heterocycles. The number of aromatic nitrogens is 2. The normalized spacial score (nSPS) is 13.6. The molecule has 0 amide bonds. The number of hydrogen-bond acceptors (Lipinski definition) is 4. The molecule has 4 rings (SSSR count). The van der Waals surface area contributed by atoms with E-state index in [1.54, 1.807) is 0 Å². The monoisotopic (exact) mass is 664 g/mol. The number of ether oxygens (including phenoxy) is 2. The van der Waals surface area contributed by atoms with E-state index in [2.05, 4.69) is 103 Å². The van der Waals surface area contributed by atoms with Crippen molar-refractivity contribution in [3.63, 3.8) is 0 Å². The predicted octanol–water partition coefficient (Wildman–Crippen LogP) is 13.2. The van der Waals surface area contributed by atoms with Crippen LogP contribution in [0, 0.1) is 29.6 Å². The summed E-state index contributed by atoms with van der Waals surface area (Å²) in [6, 6.07) is 24.8. The Morgan fingerprint density at radius 1 is 0.449 bits per heavy atom. The standard InChI is InChI=1S/C45H64N2O2/c1-33(2)17-14-19-35(5)21-16-22-37(7)28-30-49-43-32-41-40(31-42(43)48-29-27-36(6)20-15-18-34(3)4)46-44(38-23-10-8-11-24-38)45(47-41)39-25-12-9-13-26-39/h8-13,23-26,31-37H,14-22,27-30H2,1-7H3/t35?,36-,37?/m1/s1. The van der Waals surface area contributed by atoms with Crippen LogP contribution in [0.5, 0.6) is 11.5 Å². The maximum atomic E-state index is 6.54. The zero-order chi connectivity index (χ0) is 35.0. The lowest BCUT2D eigenvalue weighted by Crippen LogP contribution is -2.09. The lowest BCUT2D eigenvalue weighted by atomic mass is 9.93. The van der Waals surface area contributed by atoms with Gasteiger partial charge in [0.05, 0.1) is 35.6 Å². The Morgan fingerprint density at radius 2 is 0.796 bits per heavy atom. The molecule has 266 valence electrons. The first-order valence-electron chi connectivity index (χ1n) is 19.4. The fourth-order valence-electron chi connectivity index (χ4n) is 6.62. The molecule has 1 aromatic heterocycles. The lowest BCUT2D eigenvalue weighted by Gasteiger charge is -2.18. The van der Waals surface area contributed by atoms with E-state index in [-0.39, 0.29) is 0 Å². The fraction of sp³-hybridized carbons (Fsp3) is 0.556. The minimum absolute atomic E-state index is 0.622. The van der Waals surface area contributed by atoms with Crippen molar-refractivity contribution in [3.05, 3.63) is 72.8 Å². The molecule has 0 spiro atoms. The first-order chi connectivity index (χ1) is 23.7. The first kappa shape index (κ1) is 38.4. The summed E-state index contributed by atoms with van der Waals surface area (Å²) in [6.07, 6.45) is 13.8. The van der Waals surface area contributed by atoms with E-state index >= 15 is 0 Å². The van der Waals surface area contributed by atoms with Crippen LogP contribution in [0.4, 0.5) is 0 Å². The van der Waals surface area contributed by atoms with Gasteiger partial charge in [0.25, 0.3) is 0 Å². The molecule has 4 nitrogen and oxygen atoms in total. The Morgan fingerprint density at radius 3 is 1.16 bits per heavy atom. The first-order valence-corrected chi connectivity index (χ1v) is 19.4. The van der Waals surface area contributed by atoms with E-state index in [0.29, 0.717) is 25.0 Å². The van der Waals surface area contributed by atoms with Crippen LogP contribution in [0.1, 0.15) is 119 Å². The summed E-state index contributed by atoms with van der Waals surface area (Å²) in [4.78, 5) is 10.4. The van der Waals surface area contributed by atoms with Gasteiger partial charge in [-0.1, -0.05) is 167 Å². The largest absolute Gasteiger partial charge is 0.490 e. The minimum Gasteiger partial charge on any atom is -0.490 e. The van der Waals surface area contributed by atoms with Crippen LogP contribution >= 0.6 is 0 Å². The summed E-state index contributed by atoms with van der Waals surface area (Å²) in [5.74, 6) is 5.18. The van der Waals surface area contributed by atoms with Crippen molar-refractivity contribution in [2.24, 2.45) is 29.6 Å². The topological polar surface area (TPSA) is 44.2 Å². The third-order valence-corrected chi connectivity index (χ3v) is 9.91. The molecule has 3 aromatic carbocycles. The van der Waals surface area contributed by atoms with Gasteiger partial charge >= 0.3 is 0 Å². The Labute approximate surface area is 298 Å². The van der Waals surface area contributed by atoms with Crippen LogP contribution in [0.15, 0.2) is 72.8 Å². The zero-order valence-corrected chi connectivity index (χ0v) is 31.7. The average molecular weight is 665 g/mol. The smallest absolute Gasteiger partial charge is 0.163 e.